The number of likely N-dealkylation sites (N-methyl/N-ethyl adjacent to an activating group) is 1. The Bertz CT molecular complexity index is 1080. The van der Waals surface area contributed by atoms with Crippen LogP contribution in [-0.2, 0) is 23.5 Å². The van der Waals surface area contributed by atoms with Gasteiger partial charge >= 0.3 is 50.1 Å². The van der Waals surface area contributed by atoms with E-state index >= 15 is 0 Å². The normalized spacial score (nSPS) is 12.6. The Hall–Kier alpha value is -2.27. The zero-order valence-electron chi connectivity index (χ0n) is 20.8. The summed E-state index contributed by atoms with van der Waals surface area (Å²) in [6.07, 6.45) is 2.87. The molecule has 3 aromatic carbocycles. The summed E-state index contributed by atoms with van der Waals surface area (Å²) in [5, 5.41) is 4.31. The molecular weight excluding hydrogens is 592 g/mol. The van der Waals surface area contributed by atoms with Crippen molar-refractivity contribution in [2.75, 3.05) is 20.6 Å². The molecule has 0 atom stereocenters. The summed E-state index contributed by atoms with van der Waals surface area (Å²) < 4.78 is 59.2. The fourth-order valence-electron chi connectivity index (χ4n) is 3.20. The van der Waals surface area contributed by atoms with Gasteiger partial charge in [0.05, 0.1) is 7.92 Å². The number of benzene rings is 3. The topological polar surface area (TPSA) is 16.1 Å². The maximum atomic E-state index is 9.87. The van der Waals surface area contributed by atoms with Crippen molar-refractivity contribution in [3.8, 4) is 0 Å². The maximum Gasteiger partial charge on any atom is 2.00 e. The fourth-order valence-corrected chi connectivity index (χ4v) is 5.78. The molecule has 0 saturated carbocycles. The molecule has 0 bridgehead atoms. The summed E-state index contributed by atoms with van der Waals surface area (Å²) >= 11 is 0. The first-order valence-electron chi connectivity index (χ1n) is 11.3. The van der Waals surface area contributed by atoms with Crippen molar-refractivity contribution in [2.24, 2.45) is 0 Å². The first-order valence-corrected chi connectivity index (χ1v) is 14.9. The first kappa shape index (κ1) is 33.8. The Morgan fingerprint density at radius 2 is 0.947 bits per heavy atom. The Morgan fingerprint density at radius 3 is 1.24 bits per heavy atom. The van der Waals surface area contributed by atoms with Crippen LogP contribution >= 0.6 is 15.7 Å². The van der Waals surface area contributed by atoms with E-state index in [0.717, 1.165) is 13.0 Å². The first-order chi connectivity index (χ1) is 17.2. The summed E-state index contributed by atoms with van der Waals surface area (Å²) in [5.41, 5.74) is 1.17. The largest absolute Gasteiger partial charge is 2.00 e. The molecule has 4 aromatic rings. The minimum atomic E-state index is -10.7. The molecule has 0 spiro atoms. The number of pyridine rings is 1. The van der Waals surface area contributed by atoms with Crippen LogP contribution in [0.5, 0.6) is 0 Å². The van der Waals surface area contributed by atoms with Gasteiger partial charge in [-0.15, -0.1) is 0 Å². The number of hydrogen-bond donors (Lipinski definition) is 0. The Labute approximate surface area is 231 Å². The molecule has 1 aromatic heterocycles. The molecule has 0 fully saturated rings. The van der Waals surface area contributed by atoms with Crippen LogP contribution in [0.1, 0.15) is 5.69 Å². The van der Waals surface area contributed by atoms with Gasteiger partial charge in [0.1, 0.15) is 15.9 Å². The molecule has 38 heavy (non-hydrogen) atoms. The molecule has 1 radical (unpaired) electrons. The van der Waals surface area contributed by atoms with Crippen molar-refractivity contribution >= 4 is 31.6 Å². The van der Waals surface area contributed by atoms with Gasteiger partial charge < -0.3 is 4.90 Å². The summed E-state index contributed by atoms with van der Waals surface area (Å²) in [6.45, 7) is 1.07. The monoisotopic (exact) mass is 621 g/mol. The van der Waals surface area contributed by atoms with Gasteiger partial charge in [-0.05, 0) is 62.6 Å². The number of aromatic nitrogens is 1. The zero-order chi connectivity index (χ0) is 27.4. The molecule has 0 saturated heterocycles. The van der Waals surface area contributed by atoms with Crippen molar-refractivity contribution in [3.63, 3.8) is 0 Å². The molecule has 209 valence electrons. The van der Waals surface area contributed by atoms with E-state index in [4.69, 9.17) is 0 Å². The number of nitrogens with zero attached hydrogens (tertiary/aromatic N) is 2. The van der Waals surface area contributed by atoms with Crippen LogP contribution in [0.15, 0.2) is 115 Å². The van der Waals surface area contributed by atoms with Gasteiger partial charge in [0.15, 0.2) is 0 Å². The fraction of sp³-hybridized carbons (Fsp3) is 0.148. The van der Waals surface area contributed by atoms with E-state index in [9.17, 15) is 25.2 Å². The zero-order valence-corrected chi connectivity index (χ0v) is 23.6. The second-order valence-corrected chi connectivity index (χ2v) is 12.7. The third kappa shape index (κ3) is 16.5. The molecular formula is C27H30CuF6N2P2+2. The van der Waals surface area contributed by atoms with Gasteiger partial charge in [-0.3, -0.25) is 4.98 Å². The summed E-state index contributed by atoms with van der Waals surface area (Å²) in [4.78, 5) is 6.39. The Kier molecular flexibility index (Phi) is 12.6. The van der Waals surface area contributed by atoms with Gasteiger partial charge in [0.25, 0.3) is 0 Å². The van der Waals surface area contributed by atoms with Crippen LogP contribution in [0, 0.1) is 0 Å². The van der Waals surface area contributed by atoms with E-state index in [2.05, 4.69) is 121 Å². The standard InChI is InChI=1S/C18H15P.C9H14N2.Cu.F6P/c1-4-10-16(11-5-1)19(17-12-6-2-7-13-17)18-14-8-3-9-15-18;1-11(2)8-6-9-5-3-4-7-10-9;;1-7(2,3,4,5)6/h1-15H;3-5,7H,6,8H2,1-2H3;;/q;;+2;-1/p+1. The van der Waals surface area contributed by atoms with Crippen LogP contribution in [0.2, 0.25) is 0 Å². The van der Waals surface area contributed by atoms with Crippen molar-refractivity contribution in [3.05, 3.63) is 121 Å². The van der Waals surface area contributed by atoms with Gasteiger partial charge in [0.2, 0.25) is 0 Å². The van der Waals surface area contributed by atoms with Gasteiger partial charge in [-0.1, -0.05) is 60.7 Å². The van der Waals surface area contributed by atoms with E-state index in [0.29, 0.717) is 0 Å². The quantitative estimate of drug-likeness (QED) is 0.124. The van der Waals surface area contributed by atoms with E-state index in [1.165, 1.54) is 21.6 Å². The van der Waals surface area contributed by atoms with E-state index in [-0.39, 0.29) is 17.1 Å². The smallest absolute Gasteiger partial charge is 0.0620 e. The van der Waals surface area contributed by atoms with Crippen LogP contribution in [0.3, 0.4) is 0 Å². The third-order valence-electron chi connectivity index (χ3n) is 4.73. The minimum Gasteiger partial charge on any atom is -0.0620 e. The molecule has 4 rings (SSSR count). The molecule has 11 heteroatoms. The van der Waals surface area contributed by atoms with Crippen molar-refractivity contribution in [1.82, 2.24) is 9.88 Å². The van der Waals surface area contributed by atoms with Crippen LogP contribution in [0.4, 0.5) is 25.2 Å². The predicted octanol–water partition coefficient (Wildman–Crippen LogP) is 7.74. The van der Waals surface area contributed by atoms with Crippen molar-refractivity contribution in [1.29, 1.82) is 0 Å². The second-order valence-electron chi connectivity index (χ2n) is 8.31. The van der Waals surface area contributed by atoms with Crippen molar-refractivity contribution in [2.45, 2.75) is 6.42 Å². The Morgan fingerprint density at radius 1 is 0.605 bits per heavy atom. The molecule has 0 aliphatic rings. The summed E-state index contributed by atoms with van der Waals surface area (Å²) in [5.74, 6) is 0. The predicted molar refractivity (Wildman–Crippen MR) is 147 cm³/mol. The summed E-state index contributed by atoms with van der Waals surface area (Å²) in [7, 11) is -7.39. The second kappa shape index (κ2) is 14.2. The van der Waals surface area contributed by atoms with Crippen molar-refractivity contribution < 1.29 is 42.3 Å². The average molecular weight is 622 g/mol. The molecule has 0 aliphatic heterocycles. The van der Waals surface area contributed by atoms with E-state index < -0.39 is 15.7 Å². The summed E-state index contributed by atoms with van der Waals surface area (Å²) in [6, 6.07) is 38.5. The number of hydrogen-bond acceptors (Lipinski definition) is 2. The Balaban J connectivity index is 0.000000324. The molecule has 0 N–H and O–H groups in total. The molecule has 0 unspecified atom stereocenters. The molecule has 0 aliphatic carbocycles. The van der Waals surface area contributed by atoms with E-state index in [1.807, 2.05) is 18.3 Å². The minimum absolute atomic E-state index is 0. The van der Waals surface area contributed by atoms with Gasteiger partial charge in [-0.2, -0.15) is 0 Å². The molecule has 2 nitrogen and oxygen atoms in total. The van der Waals surface area contributed by atoms with E-state index in [1.54, 1.807) is 0 Å². The molecule has 1 heterocycles. The number of halogens is 6. The maximum absolute atomic E-state index is 10.7. The third-order valence-corrected chi connectivity index (χ3v) is 7.46. The number of rotatable bonds is 6. The van der Waals surface area contributed by atoms with Gasteiger partial charge in [0, 0.05) is 24.9 Å². The molecule has 0 amide bonds. The average Bonchev–Trinajstić information content (AvgIpc) is 2.84. The van der Waals surface area contributed by atoms with Crippen LogP contribution in [0.25, 0.3) is 0 Å². The SMILES string of the molecule is CN(C)CCc1ccccn1.F[P-](F)(F)(F)(F)F.[Cu+2].c1ccc([PH+](c2ccccc2)c2ccccc2)cc1. The van der Waals surface area contributed by atoms with Crippen LogP contribution < -0.4 is 15.9 Å². The van der Waals surface area contributed by atoms with Gasteiger partial charge in [-0.25, -0.2) is 0 Å². The van der Waals surface area contributed by atoms with Crippen LogP contribution in [-0.4, -0.2) is 30.5 Å².